The number of hydrogen-bond acceptors (Lipinski definition) is 4. The maximum atomic E-state index is 12.4. The van der Waals surface area contributed by atoms with Gasteiger partial charge >= 0.3 is 0 Å². The van der Waals surface area contributed by atoms with Gasteiger partial charge in [-0.25, -0.2) is 4.98 Å². The van der Waals surface area contributed by atoms with E-state index >= 15 is 0 Å². The van der Waals surface area contributed by atoms with E-state index in [0.717, 1.165) is 35.0 Å². The monoisotopic (exact) mass is 325 g/mol. The van der Waals surface area contributed by atoms with Crippen LogP contribution in [0, 0.1) is 13.8 Å². The van der Waals surface area contributed by atoms with Crippen molar-refractivity contribution in [3.8, 4) is 0 Å². The number of nitrogens with two attached hydrogens (primary N) is 1. The van der Waals surface area contributed by atoms with Gasteiger partial charge in [-0.05, 0) is 33.1 Å². The summed E-state index contributed by atoms with van der Waals surface area (Å²) in [4.78, 5) is 19.5. The summed E-state index contributed by atoms with van der Waals surface area (Å²) in [6.07, 6.45) is 3.28. The number of amides is 1. The third-order valence-corrected chi connectivity index (χ3v) is 4.32. The van der Waals surface area contributed by atoms with Crippen LogP contribution in [0.5, 0.6) is 0 Å². The summed E-state index contributed by atoms with van der Waals surface area (Å²) in [5.74, 6) is 0.114. The largest absolute Gasteiger partial charge is 0.334 e. The summed E-state index contributed by atoms with van der Waals surface area (Å²) in [6.45, 7) is 5.23. The summed E-state index contributed by atoms with van der Waals surface area (Å²) in [7, 11) is 0. The minimum atomic E-state index is 0. The first-order chi connectivity index (χ1) is 8.13. The zero-order valence-electron chi connectivity index (χ0n) is 11.2. The highest BCUT2D eigenvalue weighted by Gasteiger charge is 2.28. The van der Waals surface area contributed by atoms with Crippen LogP contribution < -0.4 is 5.73 Å². The number of piperidine rings is 1. The molecule has 19 heavy (non-hydrogen) atoms. The number of aromatic nitrogens is 1. The number of hydrogen-bond donors (Lipinski definition) is 1. The second-order valence-corrected chi connectivity index (χ2v) is 5.73. The molecule has 1 aromatic heterocycles. The molecule has 0 aromatic carbocycles. The molecule has 2 rings (SSSR count). The highest BCUT2D eigenvalue weighted by Crippen LogP contribution is 2.24. The minimum absolute atomic E-state index is 0. The van der Waals surface area contributed by atoms with Crippen LogP contribution in [0.15, 0.2) is 0 Å². The molecule has 0 spiro atoms. The first-order valence-electron chi connectivity index (χ1n) is 6.08. The Hall–Kier alpha value is -0.360. The molecule has 0 radical (unpaired) electrons. The van der Waals surface area contributed by atoms with Crippen molar-refractivity contribution < 1.29 is 4.79 Å². The van der Waals surface area contributed by atoms with Gasteiger partial charge in [0.2, 0.25) is 0 Å². The Morgan fingerprint density at radius 3 is 2.63 bits per heavy atom. The molecule has 1 fully saturated rings. The number of thiazole rings is 1. The molecule has 7 heteroatoms. The molecule has 2 N–H and O–H groups in total. The fraction of sp³-hybridized carbons (Fsp3) is 0.667. The highest BCUT2D eigenvalue weighted by atomic mass is 35.5. The van der Waals surface area contributed by atoms with E-state index in [1.807, 2.05) is 18.7 Å². The molecule has 1 aliphatic rings. The fourth-order valence-corrected chi connectivity index (χ4v) is 3.25. The minimum Gasteiger partial charge on any atom is -0.334 e. The fourth-order valence-electron chi connectivity index (χ4n) is 2.37. The van der Waals surface area contributed by atoms with Crippen LogP contribution in [0.2, 0.25) is 0 Å². The molecule has 4 nitrogen and oxygen atoms in total. The SMILES string of the molecule is Cc1nc(C)c(C(=O)N2CCCCC2CN)s1.Cl.Cl. The van der Waals surface area contributed by atoms with Gasteiger partial charge in [0.1, 0.15) is 4.88 Å². The highest BCUT2D eigenvalue weighted by molar-refractivity contribution is 7.13. The van der Waals surface area contributed by atoms with E-state index in [0.29, 0.717) is 6.54 Å². The molecular weight excluding hydrogens is 305 g/mol. The maximum Gasteiger partial charge on any atom is 0.266 e. The van der Waals surface area contributed by atoms with Crippen molar-refractivity contribution in [2.24, 2.45) is 5.73 Å². The Balaban J connectivity index is 0.00000162. The van der Waals surface area contributed by atoms with Crippen LogP contribution in [-0.2, 0) is 0 Å². The van der Waals surface area contributed by atoms with E-state index in [4.69, 9.17) is 5.73 Å². The number of rotatable bonds is 2. The summed E-state index contributed by atoms with van der Waals surface area (Å²) >= 11 is 1.49. The first-order valence-corrected chi connectivity index (χ1v) is 6.90. The average Bonchev–Trinajstić information content (AvgIpc) is 2.67. The zero-order chi connectivity index (χ0) is 12.4. The predicted molar refractivity (Wildman–Crippen MR) is 83.8 cm³/mol. The summed E-state index contributed by atoms with van der Waals surface area (Å²) in [6, 6.07) is 0.207. The van der Waals surface area contributed by atoms with Crippen molar-refractivity contribution >= 4 is 42.1 Å². The molecule has 1 saturated heterocycles. The second-order valence-electron chi connectivity index (χ2n) is 4.53. The summed E-state index contributed by atoms with van der Waals surface area (Å²) in [5, 5.41) is 0.951. The Morgan fingerprint density at radius 1 is 1.42 bits per heavy atom. The molecule has 2 heterocycles. The van der Waals surface area contributed by atoms with E-state index in [-0.39, 0.29) is 36.8 Å². The first kappa shape index (κ1) is 18.6. The van der Waals surface area contributed by atoms with Gasteiger partial charge in [-0.1, -0.05) is 0 Å². The van der Waals surface area contributed by atoms with E-state index in [9.17, 15) is 4.79 Å². The van der Waals surface area contributed by atoms with Crippen LogP contribution in [0.25, 0.3) is 0 Å². The topological polar surface area (TPSA) is 59.2 Å². The molecule has 1 aliphatic heterocycles. The van der Waals surface area contributed by atoms with Crippen molar-refractivity contribution in [3.05, 3.63) is 15.6 Å². The van der Waals surface area contributed by atoms with Crippen LogP contribution in [-0.4, -0.2) is 34.9 Å². The molecule has 0 saturated carbocycles. The van der Waals surface area contributed by atoms with Crippen molar-refractivity contribution in [2.75, 3.05) is 13.1 Å². The van der Waals surface area contributed by atoms with Crippen LogP contribution in [0.1, 0.15) is 39.6 Å². The van der Waals surface area contributed by atoms with Gasteiger partial charge in [-0.15, -0.1) is 36.2 Å². The Bertz CT molecular complexity index is 425. The lowest BCUT2D eigenvalue weighted by Crippen LogP contribution is -2.47. The van der Waals surface area contributed by atoms with Gasteiger partial charge in [-0.2, -0.15) is 0 Å². The zero-order valence-corrected chi connectivity index (χ0v) is 13.7. The lowest BCUT2D eigenvalue weighted by atomic mass is 10.0. The quantitative estimate of drug-likeness (QED) is 0.909. The molecule has 1 atom stereocenters. The van der Waals surface area contributed by atoms with Crippen LogP contribution >= 0.6 is 36.2 Å². The van der Waals surface area contributed by atoms with E-state index in [1.54, 1.807) is 0 Å². The third-order valence-electron chi connectivity index (χ3n) is 3.26. The Morgan fingerprint density at radius 2 is 2.11 bits per heavy atom. The third kappa shape index (κ3) is 4.05. The van der Waals surface area contributed by atoms with Gasteiger partial charge in [0.15, 0.2) is 0 Å². The average molecular weight is 326 g/mol. The molecular formula is C12H21Cl2N3OS. The molecule has 0 aliphatic carbocycles. The van der Waals surface area contributed by atoms with Crippen molar-refractivity contribution in [2.45, 2.75) is 39.2 Å². The van der Waals surface area contributed by atoms with Crippen molar-refractivity contribution in [1.29, 1.82) is 0 Å². The van der Waals surface area contributed by atoms with Crippen LogP contribution in [0.4, 0.5) is 0 Å². The van der Waals surface area contributed by atoms with E-state index in [2.05, 4.69) is 4.98 Å². The molecule has 1 aromatic rings. The molecule has 110 valence electrons. The normalized spacial score (nSPS) is 18.5. The number of nitrogens with zero attached hydrogens (tertiary/aromatic N) is 2. The van der Waals surface area contributed by atoms with Gasteiger partial charge < -0.3 is 10.6 Å². The van der Waals surface area contributed by atoms with Crippen molar-refractivity contribution in [3.63, 3.8) is 0 Å². The smallest absolute Gasteiger partial charge is 0.266 e. The van der Waals surface area contributed by atoms with E-state index in [1.165, 1.54) is 17.8 Å². The number of likely N-dealkylation sites (tertiary alicyclic amines) is 1. The Labute approximate surface area is 130 Å². The summed E-state index contributed by atoms with van der Waals surface area (Å²) < 4.78 is 0. The predicted octanol–water partition coefficient (Wildman–Crippen LogP) is 2.56. The molecule has 1 unspecified atom stereocenters. The maximum absolute atomic E-state index is 12.4. The number of halogens is 2. The molecule has 1 amide bonds. The van der Waals surface area contributed by atoms with Crippen molar-refractivity contribution in [1.82, 2.24) is 9.88 Å². The molecule has 0 bridgehead atoms. The van der Waals surface area contributed by atoms with Gasteiger partial charge in [0, 0.05) is 19.1 Å². The van der Waals surface area contributed by atoms with Gasteiger partial charge in [-0.3, -0.25) is 4.79 Å². The number of carbonyl (C=O) groups excluding carboxylic acids is 1. The standard InChI is InChI=1S/C12H19N3OS.2ClH/c1-8-11(17-9(2)14-8)12(16)15-6-4-3-5-10(15)7-13;;/h10H,3-7,13H2,1-2H3;2*1H. The van der Waals surface area contributed by atoms with Gasteiger partial charge in [0.25, 0.3) is 5.91 Å². The lowest BCUT2D eigenvalue weighted by molar-refractivity contribution is 0.0627. The number of aryl methyl sites for hydroxylation is 2. The van der Waals surface area contributed by atoms with Gasteiger partial charge in [0.05, 0.1) is 10.7 Å². The lowest BCUT2D eigenvalue weighted by Gasteiger charge is -2.34. The number of carbonyl (C=O) groups is 1. The van der Waals surface area contributed by atoms with E-state index < -0.39 is 0 Å². The second kappa shape index (κ2) is 8.04. The Kier molecular flexibility index (Phi) is 7.89. The summed E-state index contributed by atoms with van der Waals surface area (Å²) in [5.41, 5.74) is 6.59. The van der Waals surface area contributed by atoms with Crippen LogP contribution in [0.3, 0.4) is 0 Å².